The molecule has 0 radical (unpaired) electrons. The van der Waals surface area contributed by atoms with E-state index in [1.165, 1.54) is 0 Å². The highest BCUT2D eigenvalue weighted by Gasteiger charge is 2.06. The lowest BCUT2D eigenvalue weighted by atomic mass is 10.2. The van der Waals surface area contributed by atoms with Gasteiger partial charge < -0.3 is 25.4 Å². The third kappa shape index (κ3) is 6.68. The van der Waals surface area contributed by atoms with Gasteiger partial charge in [0.05, 0.1) is 32.0 Å². The Labute approximate surface area is 107 Å². The molecule has 1 aromatic carbocycles. The number of benzene rings is 1. The normalized spacial score (nSPS) is 14.4. The molecule has 0 amide bonds. The van der Waals surface area contributed by atoms with Gasteiger partial charge in [0.15, 0.2) is 0 Å². The molecule has 1 aromatic rings. The maximum absolute atomic E-state index is 9.58. The second-order valence-electron chi connectivity index (χ2n) is 4.15. The summed E-state index contributed by atoms with van der Waals surface area (Å²) >= 11 is 0. The van der Waals surface area contributed by atoms with Crippen LogP contribution >= 0.6 is 0 Å². The van der Waals surface area contributed by atoms with E-state index in [2.05, 4.69) is 5.32 Å². The molecule has 0 aromatic heterocycles. The Morgan fingerprint density at radius 2 is 1.72 bits per heavy atom. The summed E-state index contributed by atoms with van der Waals surface area (Å²) in [4.78, 5) is 0. The average molecular weight is 255 g/mol. The molecule has 0 aliphatic carbocycles. The zero-order chi connectivity index (χ0) is 13.2. The van der Waals surface area contributed by atoms with E-state index in [0.717, 1.165) is 5.56 Å². The summed E-state index contributed by atoms with van der Waals surface area (Å²) in [5.74, 6) is 0. The topological polar surface area (TPSA) is 82.0 Å². The minimum Gasteiger partial charge on any atom is -0.394 e. The summed E-state index contributed by atoms with van der Waals surface area (Å²) in [7, 11) is 0. The molecule has 0 fully saturated rings. The molecule has 0 saturated carbocycles. The smallest absolute Gasteiger partial charge is 0.0897 e. The number of hydrogen-bond donors (Lipinski definition) is 4. The third-order valence-electron chi connectivity index (χ3n) is 2.39. The monoisotopic (exact) mass is 255 g/mol. The van der Waals surface area contributed by atoms with Crippen LogP contribution in [0.25, 0.3) is 0 Å². The molecular formula is C13H21NO4. The van der Waals surface area contributed by atoms with Gasteiger partial charge in [0.25, 0.3) is 0 Å². The Kier molecular flexibility index (Phi) is 7.55. The van der Waals surface area contributed by atoms with E-state index in [0.29, 0.717) is 13.2 Å². The van der Waals surface area contributed by atoms with Gasteiger partial charge in [-0.3, -0.25) is 0 Å². The van der Waals surface area contributed by atoms with Gasteiger partial charge in [0, 0.05) is 13.1 Å². The van der Waals surface area contributed by atoms with Crippen LogP contribution in [0.2, 0.25) is 0 Å². The van der Waals surface area contributed by atoms with Gasteiger partial charge in [-0.15, -0.1) is 0 Å². The molecule has 4 N–H and O–H groups in total. The molecular weight excluding hydrogens is 234 g/mol. The van der Waals surface area contributed by atoms with Crippen LogP contribution < -0.4 is 5.32 Å². The van der Waals surface area contributed by atoms with Crippen molar-refractivity contribution in [3.8, 4) is 0 Å². The molecule has 0 spiro atoms. The highest BCUT2D eigenvalue weighted by Crippen LogP contribution is 2.00. The van der Waals surface area contributed by atoms with E-state index in [-0.39, 0.29) is 19.8 Å². The summed E-state index contributed by atoms with van der Waals surface area (Å²) in [6.45, 7) is 1.000. The number of ether oxygens (including phenoxy) is 1. The zero-order valence-electron chi connectivity index (χ0n) is 10.3. The fourth-order valence-corrected chi connectivity index (χ4v) is 1.43. The molecule has 0 heterocycles. The summed E-state index contributed by atoms with van der Waals surface area (Å²) < 4.78 is 5.36. The summed E-state index contributed by atoms with van der Waals surface area (Å²) in [6.07, 6.45) is -1.41. The quantitative estimate of drug-likeness (QED) is 0.478. The highest BCUT2D eigenvalue weighted by atomic mass is 16.5. The van der Waals surface area contributed by atoms with E-state index in [4.69, 9.17) is 14.9 Å². The molecule has 2 unspecified atom stereocenters. The van der Waals surface area contributed by atoms with Crippen molar-refractivity contribution in [1.29, 1.82) is 0 Å². The molecule has 18 heavy (non-hydrogen) atoms. The number of rotatable bonds is 9. The van der Waals surface area contributed by atoms with E-state index >= 15 is 0 Å². The maximum atomic E-state index is 9.58. The third-order valence-corrected chi connectivity index (χ3v) is 2.39. The highest BCUT2D eigenvalue weighted by molar-refractivity contribution is 5.13. The lowest BCUT2D eigenvalue weighted by Gasteiger charge is -2.14. The molecule has 5 heteroatoms. The van der Waals surface area contributed by atoms with Crippen LogP contribution in [0.15, 0.2) is 30.3 Å². The molecule has 0 saturated heterocycles. The zero-order valence-corrected chi connectivity index (χ0v) is 10.3. The lowest BCUT2D eigenvalue weighted by Crippen LogP contribution is -2.36. The van der Waals surface area contributed by atoms with Gasteiger partial charge in [-0.2, -0.15) is 0 Å². The van der Waals surface area contributed by atoms with Crippen molar-refractivity contribution in [1.82, 2.24) is 5.32 Å². The predicted molar refractivity (Wildman–Crippen MR) is 68.1 cm³/mol. The van der Waals surface area contributed by atoms with Gasteiger partial charge in [0.2, 0.25) is 0 Å². The molecule has 2 atom stereocenters. The van der Waals surface area contributed by atoms with Gasteiger partial charge in [0.1, 0.15) is 0 Å². The van der Waals surface area contributed by atoms with Crippen LogP contribution in [-0.2, 0) is 11.3 Å². The van der Waals surface area contributed by atoms with E-state index in [1.807, 2.05) is 30.3 Å². The first kappa shape index (κ1) is 15.1. The Balaban J connectivity index is 2.05. The first-order chi connectivity index (χ1) is 8.72. The van der Waals surface area contributed by atoms with Crippen LogP contribution in [0.4, 0.5) is 0 Å². The molecule has 0 bridgehead atoms. The largest absolute Gasteiger partial charge is 0.394 e. The Morgan fingerprint density at radius 1 is 1.06 bits per heavy atom. The minimum absolute atomic E-state index is 0.233. The molecule has 0 aliphatic heterocycles. The van der Waals surface area contributed by atoms with Crippen LogP contribution in [0.5, 0.6) is 0 Å². The van der Waals surface area contributed by atoms with Crippen molar-refractivity contribution in [2.45, 2.75) is 18.8 Å². The van der Waals surface area contributed by atoms with Gasteiger partial charge in [-0.1, -0.05) is 30.3 Å². The standard InChI is InChI=1S/C13H21NO4/c15-8-12(16)6-14-7-13(17)10-18-9-11-4-2-1-3-5-11/h1-5,12-17H,6-10H2. The number of aliphatic hydroxyl groups excluding tert-OH is 3. The lowest BCUT2D eigenvalue weighted by molar-refractivity contribution is 0.0258. The van der Waals surface area contributed by atoms with Crippen molar-refractivity contribution in [3.05, 3.63) is 35.9 Å². The fraction of sp³-hybridized carbons (Fsp3) is 0.538. The SMILES string of the molecule is OCC(O)CNCC(O)COCc1ccccc1. The molecule has 102 valence electrons. The summed E-state index contributed by atoms with van der Waals surface area (Å²) in [6, 6.07) is 9.74. The predicted octanol–water partition coefficient (Wildman–Crippen LogP) is -0.493. The molecule has 1 rings (SSSR count). The van der Waals surface area contributed by atoms with Crippen LogP contribution in [0.3, 0.4) is 0 Å². The van der Waals surface area contributed by atoms with E-state index < -0.39 is 12.2 Å². The Bertz CT molecular complexity index is 307. The van der Waals surface area contributed by atoms with Crippen molar-refractivity contribution < 1.29 is 20.1 Å². The number of hydrogen-bond acceptors (Lipinski definition) is 5. The van der Waals surface area contributed by atoms with E-state index in [1.54, 1.807) is 0 Å². The summed E-state index contributed by atoms with van der Waals surface area (Å²) in [5, 5.41) is 30.1. The summed E-state index contributed by atoms with van der Waals surface area (Å²) in [5.41, 5.74) is 1.06. The second-order valence-corrected chi connectivity index (χ2v) is 4.15. The number of nitrogens with one attached hydrogen (secondary N) is 1. The molecule has 0 aliphatic rings. The van der Waals surface area contributed by atoms with Crippen LogP contribution in [0, 0.1) is 0 Å². The van der Waals surface area contributed by atoms with Gasteiger partial charge in [-0.05, 0) is 5.56 Å². The first-order valence-corrected chi connectivity index (χ1v) is 6.01. The number of aliphatic hydroxyl groups is 3. The molecule has 5 nitrogen and oxygen atoms in total. The maximum Gasteiger partial charge on any atom is 0.0897 e. The first-order valence-electron chi connectivity index (χ1n) is 6.01. The van der Waals surface area contributed by atoms with Crippen LogP contribution in [-0.4, -0.2) is 53.8 Å². The fourth-order valence-electron chi connectivity index (χ4n) is 1.43. The van der Waals surface area contributed by atoms with Crippen molar-refractivity contribution in [2.75, 3.05) is 26.3 Å². The van der Waals surface area contributed by atoms with Crippen LogP contribution in [0.1, 0.15) is 5.56 Å². The second kappa shape index (κ2) is 9.02. The van der Waals surface area contributed by atoms with Gasteiger partial charge in [-0.25, -0.2) is 0 Å². The minimum atomic E-state index is -0.789. The Morgan fingerprint density at radius 3 is 2.39 bits per heavy atom. The van der Waals surface area contributed by atoms with Crippen molar-refractivity contribution in [3.63, 3.8) is 0 Å². The Hall–Kier alpha value is -0.980. The van der Waals surface area contributed by atoms with E-state index in [9.17, 15) is 5.11 Å². The van der Waals surface area contributed by atoms with Crippen molar-refractivity contribution in [2.24, 2.45) is 0 Å². The van der Waals surface area contributed by atoms with Gasteiger partial charge >= 0.3 is 0 Å². The van der Waals surface area contributed by atoms with Crippen molar-refractivity contribution >= 4 is 0 Å². The average Bonchev–Trinajstić information content (AvgIpc) is 2.39.